The molecule has 112 valence electrons. The van der Waals surface area contributed by atoms with Crippen LogP contribution in [0.25, 0.3) is 11.3 Å². The Morgan fingerprint density at radius 2 is 2.00 bits per heavy atom. The topological polar surface area (TPSA) is 57.8 Å². The first-order valence-electron chi connectivity index (χ1n) is 7.41. The molecule has 4 nitrogen and oxygen atoms in total. The van der Waals surface area contributed by atoms with Gasteiger partial charge in [-0.05, 0) is 50.5 Å². The van der Waals surface area contributed by atoms with Gasteiger partial charge in [-0.25, -0.2) is 5.10 Å². The summed E-state index contributed by atoms with van der Waals surface area (Å²) in [6.07, 6.45) is 1.03. The van der Waals surface area contributed by atoms with Gasteiger partial charge in [-0.2, -0.15) is 5.10 Å². The molecule has 2 rings (SSSR count). The summed E-state index contributed by atoms with van der Waals surface area (Å²) in [5.41, 5.74) is 4.90. The third kappa shape index (κ3) is 3.79. The van der Waals surface area contributed by atoms with E-state index in [1.807, 2.05) is 12.1 Å². The Bertz CT molecular complexity index is 676. The van der Waals surface area contributed by atoms with Crippen LogP contribution in [0.15, 0.2) is 29.1 Å². The lowest BCUT2D eigenvalue weighted by Gasteiger charge is -2.11. The summed E-state index contributed by atoms with van der Waals surface area (Å²) in [5, 5.41) is 10.1. The number of aromatic amines is 1. The van der Waals surface area contributed by atoms with Crippen LogP contribution in [-0.2, 0) is 6.54 Å². The van der Waals surface area contributed by atoms with Crippen molar-refractivity contribution in [3.8, 4) is 11.3 Å². The predicted octanol–water partition coefficient (Wildman–Crippen LogP) is 2.94. The monoisotopic (exact) mass is 285 g/mol. The van der Waals surface area contributed by atoms with Crippen LogP contribution >= 0.6 is 0 Å². The normalized spacial score (nSPS) is 12.4. The minimum Gasteiger partial charge on any atom is -0.310 e. The molecule has 1 atom stereocenters. The molecule has 0 aliphatic carbocycles. The van der Waals surface area contributed by atoms with Crippen LogP contribution in [0, 0.1) is 13.8 Å². The van der Waals surface area contributed by atoms with Gasteiger partial charge in [0.05, 0.1) is 5.69 Å². The molecule has 21 heavy (non-hydrogen) atoms. The molecule has 0 spiro atoms. The molecular weight excluding hydrogens is 262 g/mol. The molecule has 0 saturated carbocycles. The Morgan fingerprint density at radius 1 is 1.24 bits per heavy atom. The molecule has 0 saturated heterocycles. The third-order valence-corrected chi connectivity index (χ3v) is 3.94. The molecule has 0 aliphatic rings. The molecule has 0 fully saturated rings. The van der Waals surface area contributed by atoms with Gasteiger partial charge in [0.25, 0.3) is 5.56 Å². The molecule has 1 aromatic carbocycles. The second-order valence-electron chi connectivity index (χ2n) is 5.60. The largest absolute Gasteiger partial charge is 0.310 e. The van der Waals surface area contributed by atoms with Crippen molar-refractivity contribution >= 4 is 0 Å². The molecule has 0 aliphatic heterocycles. The van der Waals surface area contributed by atoms with E-state index in [-0.39, 0.29) is 5.56 Å². The number of rotatable bonds is 5. The smallest absolute Gasteiger partial charge is 0.268 e. The van der Waals surface area contributed by atoms with Gasteiger partial charge in [0.15, 0.2) is 0 Å². The van der Waals surface area contributed by atoms with Crippen LogP contribution in [0.3, 0.4) is 0 Å². The maximum absolute atomic E-state index is 11.9. The first kappa shape index (κ1) is 15.4. The maximum atomic E-state index is 11.9. The van der Waals surface area contributed by atoms with Gasteiger partial charge >= 0.3 is 0 Å². The van der Waals surface area contributed by atoms with Crippen molar-refractivity contribution in [3.05, 3.63) is 51.3 Å². The highest BCUT2D eigenvalue weighted by Crippen LogP contribution is 2.19. The van der Waals surface area contributed by atoms with E-state index in [2.05, 4.69) is 55.3 Å². The van der Waals surface area contributed by atoms with Gasteiger partial charge < -0.3 is 5.32 Å². The molecule has 0 amide bonds. The van der Waals surface area contributed by atoms with E-state index in [4.69, 9.17) is 0 Å². The molecule has 1 aromatic heterocycles. The lowest BCUT2D eigenvalue weighted by molar-refractivity contribution is 0.531. The van der Waals surface area contributed by atoms with Crippen molar-refractivity contribution in [1.29, 1.82) is 0 Å². The van der Waals surface area contributed by atoms with E-state index in [0.29, 0.717) is 12.6 Å². The predicted molar refractivity (Wildman–Crippen MR) is 86.4 cm³/mol. The Hall–Kier alpha value is -1.94. The minimum absolute atomic E-state index is 0.126. The van der Waals surface area contributed by atoms with E-state index in [0.717, 1.165) is 23.2 Å². The van der Waals surface area contributed by atoms with Crippen molar-refractivity contribution < 1.29 is 0 Å². The van der Waals surface area contributed by atoms with Crippen molar-refractivity contribution in [2.75, 3.05) is 0 Å². The SMILES string of the molecule is CCC(C)NCc1cc(-c2ccc(C)c(C)c2)n[nH]c1=O. The fraction of sp³-hybridized carbons (Fsp3) is 0.412. The van der Waals surface area contributed by atoms with E-state index in [9.17, 15) is 4.79 Å². The molecule has 2 aromatic rings. The summed E-state index contributed by atoms with van der Waals surface area (Å²) in [7, 11) is 0. The third-order valence-electron chi connectivity index (χ3n) is 3.94. The molecule has 4 heteroatoms. The lowest BCUT2D eigenvalue weighted by atomic mass is 10.0. The number of hydrogen-bond acceptors (Lipinski definition) is 3. The molecule has 1 unspecified atom stereocenters. The zero-order valence-corrected chi connectivity index (χ0v) is 13.2. The highest BCUT2D eigenvalue weighted by Gasteiger charge is 2.07. The average Bonchev–Trinajstić information content (AvgIpc) is 2.49. The first-order valence-corrected chi connectivity index (χ1v) is 7.41. The molecule has 0 bridgehead atoms. The van der Waals surface area contributed by atoms with Gasteiger partial charge in [0.2, 0.25) is 0 Å². The minimum atomic E-state index is -0.126. The Labute approximate surface area is 125 Å². The Morgan fingerprint density at radius 3 is 2.67 bits per heavy atom. The fourth-order valence-electron chi connectivity index (χ4n) is 2.05. The number of aryl methyl sites for hydroxylation is 2. The van der Waals surface area contributed by atoms with Gasteiger partial charge in [-0.15, -0.1) is 0 Å². The van der Waals surface area contributed by atoms with Gasteiger partial charge in [-0.3, -0.25) is 4.79 Å². The number of benzene rings is 1. The van der Waals surface area contributed by atoms with Crippen molar-refractivity contribution in [1.82, 2.24) is 15.5 Å². The maximum Gasteiger partial charge on any atom is 0.268 e. The quantitative estimate of drug-likeness (QED) is 0.888. The van der Waals surface area contributed by atoms with E-state index < -0.39 is 0 Å². The van der Waals surface area contributed by atoms with E-state index in [1.54, 1.807) is 0 Å². The van der Waals surface area contributed by atoms with Crippen LogP contribution in [0.4, 0.5) is 0 Å². The van der Waals surface area contributed by atoms with Crippen molar-refractivity contribution in [2.45, 2.75) is 46.7 Å². The number of nitrogens with zero attached hydrogens (tertiary/aromatic N) is 1. The fourth-order valence-corrected chi connectivity index (χ4v) is 2.05. The lowest BCUT2D eigenvalue weighted by Crippen LogP contribution is -2.28. The number of aromatic nitrogens is 2. The zero-order valence-electron chi connectivity index (χ0n) is 13.2. The number of hydrogen-bond donors (Lipinski definition) is 2. The van der Waals surface area contributed by atoms with Crippen molar-refractivity contribution in [2.24, 2.45) is 0 Å². The summed E-state index contributed by atoms with van der Waals surface area (Å²) in [5.74, 6) is 0. The van der Waals surface area contributed by atoms with Gasteiger partial charge in [0.1, 0.15) is 0 Å². The number of nitrogens with one attached hydrogen (secondary N) is 2. The van der Waals surface area contributed by atoms with Gasteiger partial charge in [-0.1, -0.05) is 19.1 Å². The summed E-state index contributed by atoms with van der Waals surface area (Å²) >= 11 is 0. The second-order valence-corrected chi connectivity index (χ2v) is 5.60. The van der Waals surface area contributed by atoms with Crippen LogP contribution in [0.5, 0.6) is 0 Å². The standard InChI is InChI=1S/C17H23N3O/c1-5-13(4)18-10-15-9-16(19-20-17(15)21)14-7-6-11(2)12(3)8-14/h6-9,13,18H,5,10H2,1-4H3,(H,20,21). The van der Waals surface area contributed by atoms with Gasteiger partial charge in [0, 0.05) is 23.7 Å². The highest BCUT2D eigenvalue weighted by molar-refractivity contribution is 5.60. The summed E-state index contributed by atoms with van der Waals surface area (Å²) in [6.45, 7) is 8.95. The zero-order chi connectivity index (χ0) is 15.4. The Kier molecular flexibility index (Phi) is 4.91. The molecule has 2 N–H and O–H groups in total. The highest BCUT2D eigenvalue weighted by atomic mass is 16.1. The number of H-pyrrole nitrogens is 1. The van der Waals surface area contributed by atoms with E-state index >= 15 is 0 Å². The van der Waals surface area contributed by atoms with Crippen LogP contribution < -0.4 is 10.9 Å². The molecule has 1 heterocycles. The molecular formula is C17H23N3O. The summed E-state index contributed by atoms with van der Waals surface area (Å²) < 4.78 is 0. The molecule has 0 radical (unpaired) electrons. The first-order chi connectivity index (χ1) is 10.0. The van der Waals surface area contributed by atoms with Crippen LogP contribution in [0.1, 0.15) is 37.0 Å². The van der Waals surface area contributed by atoms with Crippen molar-refractivity contribution in [3.63, 3.8) is 0 Å². The average molecular weight is 285 g/mol. The van der Waals surface area contributed by atoms with Crippen LogP contribution in [0.2, 0.25) is 0 Å². The van der Waals surface area contributed by atoms with Crippen LogP contribution in [-0.4, -0.2) is 16.2 Å². The summed E-state index contributed by atoms with van der Waals surface area (Å²) in [6, 6.07) is 8.48. The van der Waals surface area contributed by atoms with E-state index in [1.165, 1.54) is 11.1 Å². The Balaban J connectivity index is 2.29. The second kappa shape index (κ2) is 6.68. The summed E-state index contributed by atoms with van der Waals surface area (Å²) in [4.78, 5) is 11.9.